The minimum absolute atomic E-state index is 1.11. The van der Waals surface area contributed by atoms with Gasteiger partial charge in [0.2, 0.25) is 0 Å². The maximum absolute atomic E-state index is 2.49. The van der Waals surface area contributed by atoms with Crippen LogP contribution in [0.3, 0.4) is 0 Å². The number of hydrogen-bond donors (Lipinski definition) is 0. The predicted octanol–water partition coefficient (Wildman–Crippen LogP) is 2.69. The van der Waals surface area contributed by atoms with Crippen LogP contribution in [0.5, 0.6) is 0 Å². The number of rotatable bonds is 0. The fourth-order valence-corrected chi connectivity index (χ4v) is 4.14. The van der Waals surface area contributed by atoms with Crippen LogP contribution in [-0.4, -0.2) is 0 Å². The summed E-state index contributed by atoms with van der Waals surface area (Å²) in [5.41, 5.74) is 0. The third-order valence-corrected chi connectivity index (χ3v) is 4.63. The minimum Gasteiger partial charge on any atom is -0.0620 e. The van der Waals surface area contributed by atoms with Crippen LogP contribution in [0.25, 0.3) is 0 Å². The van der Waals surface area contributed by atoms with E-state index in [4.69, 9.17) is 0 Å². The molecule has 0 saturated heterocycles. The van der Waals surface area contributed by atoms with E-state index in [-0.39, 0.29) is 0 Å². The molecule has 3 aliphatic carbocycles. The largest absolute Gasteiger partial charge is 0.0620 e. The quantitative estimate of drug-likeness (QED) is 0.480. The maximum Gasteiger partial charge on any atom is -0.0324 e. The molecular formula is C10H16. The van der Waals surface area contributed by atoms with E-state index in [9.17, 15) is 0 Å². The summed E-state index contributed by atoms with van der Waals surface area (Å²) in [6, 6.07) is 0. The molecule has 10 heavy (non-hydrogen) atoms. The summed E-state index contributed by atoms with van der Waals surface area (Å²) >= 11 is 0. The van der Waals surface area contributed by atoms with E-state index in [0.717, 1.165) is 5.92 Å². The van der Waals surface area contributed by atoms with Gasteiger partial charge in [-0.1, -0.05) is 6.92 Å². The van der Waals surface area contributed by atoms with Crippen molar-refractivity contribution in [2.75, 3.05) is 0 Å². The molecule has 56 valence electrons. The first-order valence-electron chi connectivity index (χ1n) is 4.88. The first-order chi connectivity index (χ1) is 4.88. The molecule has 3 rings (SSSR count). The van der Waals surface area contributed by atoms with Gasteiger partial charge in [0.05, 0.1) is 0 Å². The lowest BCUT2D eigenvalue weighted by Gasteiger charge is -2.45. The minimum atomic E-state index is 1.11. The van der Waals surface area contributed by atoms with Crippen molar-refractivity contribution in [3.05, 3.63) is 0 Å². The lowest BCUT2D eigenvalue weighted by Crippen LogP contribution is -2.40. The van der Waals surface area contributed by atoms with E-state index in [1.807, 2.05) is 0 Å². The molecule has 0 aromatic carbocycles. The second kappa shape index (κ2) is 1.60. The van der Waals surface area contributed by atoms with Gasteiger partial charge >= 0.3 is 0 Å². The summed E-state index contributed by atoms with van der Waals surface area (Å²) in [6.07, 6.45) is 6.31. The van der Waals surface area contributed by atoms with Crippen LogP contribution >= 0.6 is 0 Å². The van der Waals surface area contributed by atoms with Crippen molar-refractivity contribution in [1.29, 1.82) is 0 Å². The zero-order valence-corrected chi connectivity index (χ0v) is 6.72. The lowest BCUT2D eigenvalue weighted by atomic mass is 9.60. The summed E-state index contributed by atoms with van der Waals surface area (Å²) in [5.74, 6) is 5.87. The van der Waals surface area contributed by atoms with Gasteiger partial charge in [-0.25, -0.2) is 0 Å². The van der Waals surface area contributed by atoms with Gasteiger partial charge in [-0.05, 0) is 55.3 Å². The third kappa shape index (κ3) is 0.436. The van der Waals surface area contributed by atoms with E-state index in [0.29, 0.717) is 0 Å². The summed E-state index contributed by atoms with van der Waals surface area (Å²) in [5, 5.41) is 0. The van der Waals surface area contributed by atoms with E-state index >= 15 is 0 Å². The molecule has 0 aliphatic heterocycles. The second-order valence-electron chi connectivity index (χ2n) is 4.68. The second-order valence-corrected chi connectivity index (χ2v) is 4.68. The summed E-state index contributed by atoms with van der Waals surface area (Å²) in [7, 11) is 0. The lowest BCUT2D eigenvalue weighted by molar-refractivity contribution is 0.0276. The Morgan fingerprint density at radius 3 is 2.10 bits per heavy atom. The Kier molecular flexibility index (Phi) is 0.898. The van der Waals surface area contributed by atoms with Crippen LogP contribution in [-0.2, 0) is 0 Å². The van der Waals surface area contributed by atoms with E-state index in [1.54, 1.807) is 25.7 Å². The molecule has 3 aliphatic rings. The van der Waals surface area contributed by atoms with Crippen molar-refractivity contribution >= 4 is 0 Å². The fourth-order valence-electron chi connectivity index (χ4n) is 4.14. The van der Waals surface area contributed by atoms with Crippen molar-refractivity contribution < 1.29 is 0 Å². The molecule has 0 N–H and O–H groups in total. The average molecular weight is 136 g/mol. The van der Waals surface area contributed by atoms with Gasteiger partial charge in [0.25, 0.3) is 0 Å². The van der Waals surface area contributed by atoms with Crippen molar-refractivity contribution in [3.8, 4) is 0 Å². The molecule has 0 amide bonds. The van der Waals surface area contributed by atoms with Gasteiger partial charge in [0.15, 0.2) is 0 Å². The van der Waals surface area contributed by atoms with Crippen molar-refractivity contribution in [1.82, 2.24) is 0 Å². The molecule has 3 fully saturated rings. The molecule has 0 spiro atoms. The van der Waals surface area contributed by atoms with Crippen LogP contribution < -0.4 is 0 Å². The highest BCUT2D eigenvalue weighted by Gasteiger charge is 2.57. The van der Waals surface area contributed by atoms with Crippen LogP contribution in [0, 0.1) is 29.6 Å². The van der Waals surface area contributed by atoms with Crippen LogP contribution in [0.4, 0.5) is 0 Å². The Morgan fingerprint density at radius 1 is 0.900 bits per heavy atom. The van der Waals surface area contributed by atoms with Gasteiger partial charge < -0.3 is 0 Å². The molecule has 0 heteroatoms. The van der Waals surface area contributed by atoms with Gasteiger partial charge in [0.1, 0.15) is 0 Å². The zero-order valence-electron chi connectivity index (χ0n) is 6.72. The monoisotopic (exact) mass is 136 g/mol. The van der Waals surface area contributed by atoms with E-state index in [2.05, 4.69) is 6.92 Å². The Hall–Kier alpha value is 0. The van der Waals surface area contributed by atoms with Crippen LogP contribution in [0.15, 0.2) is 0 Å². The standard InChI is InChI=1S/C10H16/c1-6-8-4-2-7-3-5-9(6)10(7)8/h6-10H,2-5H2,1H3. The molecule has 0 radical (unpaired) electrons. The normalized spacial score (nSPS) is 63.9. The molecule has 2 unspecified atom stereocenters. The fraction of sp³-hybridized carbons (Fsp3) is 1.00. The van der Waals surface area contributed by atoms with Crippen molar-refractivity contribution in [2.45, 2.75) is 32.6 Å². The van der Waals surface area contributed by atoms with Gasteiger partial charge in [-0.3, -0.25) is 0 Å². The molecule has 0 heterocycles. The molecular weight excluding hydrogens is 120 g/mol. The molecule has 0 aromatic heterocycles. The summed E-state index contributed by atoms with van der Waals surface area (Å²) < 4.78 is 0. The van der Waals surface area contributed by atoms with Gasteiger partial charge in [-0.15, -0.1) is 0 Å². The smallest absolute Gasteiger partial charge is 0.0324 e. The topological polar surface area (TPSA) is 0 Å². The zero-order chi connectivity index (χ0) is 6.72. The van der Waals surface area contributed by atoms with Gasteiger partial charge in [-0.2, -0.15) is 0 Å². The Morgan fingerprint density at radius 2 is 1.50 bits per heavy atom. The highest BCUT2D eigenvalue weighted by atomic mass is 14.6. The Balaban J connectivity index is 1.93. The Bertz CT molecular complexity index is 145. The number of hydrogen-bond acceptors (Lipinski definition) is 0. The van der Waals surface area contributed by atoms with Crippen molar-refractivity contribution in [3.63, 3.8) is 0 Å². The molecule has 0 nitrogen and oxygen atoms in total. The van der Waals surface area contributed by atoms with Gasteiger partial charge in [0, 0.05) is 0 Å². The van der Waals surface area contributed by atoms with E-state index in [1.165, 1.54) is 23.7 Å². The van der Waals surface area contributed by atoms with Crippen LogP contribution in [0.1, 0.15) is 32.6 Å². The summed E-state index contributed by atoms with van der Waals surface area (Å²) in [4.78, 5) is 0. The summed E-state index contributed by atoms with van der Waals surface area (Å²) in [6.45, 7) is 2.49. The first-order valence-corrected chi connectivity index (χ1v) is 4.88. The molecule has 0 aromatic rings. The highest BCUT2D eigenvalue weighted by molar-refractivity contribution is 5.05. The third-order valence-electron chi connectivity index (χ3n) is 4.63. The molecule has 2 atom stereocenters. The molecule has 0 bridgehead atoms. The van der Waals surface area contributed by atoms with E-state index < -0.39 is 0 Å². The highest BCUT2D eigenvalue weighted by Crippen LogP contribution is 2.64. The predicted molar refractivity (Wildman–Crippen MR) is 41.6 cm³/mol. The SMILES string of the molecule is CC1C2CCC3CCC1C32. The maximum atomic E-state index is 2.49. The average Bonchev–Trinajstić information content (AvgIpc) is 2.37. The molecule has 3 saturated carbocycles. The van der Waals surface area contributed by atoms with Crippen molar-refractivity contribution in [2.24, 2.45) is 29.6 Å². The Labute approximate surface area is 63.0 Å². The van der Waals surface area contributed by atoms with Crippen LogP contribution in [0.2, 0.25) is 0 Å². The first kappa shape index (κ1) is 5.62.